The van der Waals surface area contributed by atoms with E-state index in [4.69, 9.17) is 5.10 Å². The molecule has 1 fully saturated rings. The highest BCUT2D eigenvalue weighted by Crippen LogP contribution is 2.35. The number of thiophene rings is 1. The minimum absolute atomic E-state index is 0.0101. The maximum atomic E-state index is 12.7. The summed E-state index contributed by atoms with van der Waals surface area (Å²) in [7, 11) is 0. The summed E-state index contributed by atoms with van der Waals surface area (Å²) in [5.41, 5.74) is 2.47. The number of benzene rings is 1. The van der Waals surface area contributed by atoms with Crippen molar-refractivity contribution in [3.05, 3.63) is 58.4 Å². The number of nitrogens with zero attached hydrogens (tertiary/aromatic N) is 3. The number of para-hydroxylation sites is 1. The summed E-state index contributed by atoms with van der Waals surface area (Å²) in [4.78, 5) is 28.7. The molecule has 174 valence electrons. The molecule has 0 radical (unpaired) electrons. The minimum Gasteiger partial charge on any atom is -0.355 e. The summed E-state index contributed by atoms with van der Waals surface area (Å²) < 4.78 is 1.91. The van der Waals surface area contributed by atoms with Gasteiger partial charge in [-0.1, -0.05) is 38.1 Å². The Labute approximate surface area is 198 Å². The van der Waals surface area contributed by atoms with E-state index >= 15 is 0 Å². The number of carbonyl (C=O) groups is 2. The molecule has 1 aliphatic heterocycles. The summed E-state index contributed by atoms with van der Waals surface area (Å²) in [5, 5.41) is 13.0. The smallest absolute Gasteiger partial charge is 0.227 e. The first-order chi connectivity index (χ1) is 15.9. The van der Waals surface area contributed by atoms with Crippen LogP contribution < -0.4 is 15.5 Å². The Morgan fingerprint density at radius 3 is 2.48 bits per heavy atom. The van der Waals surface area contributed by atoms with Crippen molar-refractivity contribution in [3.63, 3.8) is 0 Å². The SMILES string of the molecule is Cc1nn(-c2ccccc2)c(N2CCC(C(=O)NCc3cccs3)CC2)c1NC(=O)C(C)C. The zero-order valence-electron chi connectivity index (χ0n) is 19.4. The van der Waals surface area contributed by atoms with E-state index in [1.165, 1.54) is 0 Å². The van der Waals surface area contributed by atoms with E-state index in [0.717, 1.165) is 53.7 Å². The van der Waals surface area contributed by atoms with Crippen LogP contribution in [0.4, 0.5) is 11.5 Å². The molecular weight excluding hydrogens is 434 g/mol. The molecule has 2 N–H and O–H groups in total. The molecule has 1 aromatic carbocycles. The Morgan fingerprint density at radius 2 is 1.85 bits per heavy atom. The number of aromatic nitrogens is 2. The van der Waals surface area contributed by atoms with Gasteiger partial charge in [0.25, 0.3) is 0 Å². The third-order valence-electron chi connectivity index (χ3n) is 5.99. The quantitative estimate of drug-likeness (QED) is 0.543. The van der Waals surface area contributed by atoms with Crippen LogP contribution in [0.2, 0.25) is 0 Å². The molecule has 2 amide bonds. The fraction of sp³-hybridized carbons (Fsp3) is 0.400. The molecule has 7 nitrogen and oxygen atoms in total. The van der Waals surface area contributed by atoms with E-state index in [1.807, 2.05) is 73.3 Å². The van der Waals surface area contributed by atoms with Crippen molar-refractivity contribution in [3.8, 4) is 5.69 Å². The molecule has 3 heterocycles. The van der Waals surface area contributed by atoms with Crippen molar-refractivity contribution >= 4 is 34.7 Å². The number of rotatable bonds is 7. The molecule has 1 saturated heterocycles. The van der Waals surface area contributed by atoms with Gasteiger partial charge in [0.2, 0.25) is 11.8 Å². The van der Waals surface area contributed by atoms with Gasteiger partial charge in [-0.2, -0.15) is 5.10 Å². The van der Waals surface area contributed by atoms with Gasteiger partial charge in [0, 0.05) is 29.8 Å². The topological polar surface area (TPSA) is 79.3 Å². The molecule has 0 spiro atoms. The van der Waals surface area contributed by atoms with Crippen LogP contribution in [0.25, 0.3) is 5.69 Å². The lowest BCUT2D eigenvalue weighted by molar-refractivity contribution is -0.125. The molecule has 33 heavy (non-hydrogen) atoms. The first-order valence-electron chi connectivity index (χ1n) is 11.4. The predicted molar refractivity (Wildman–Crippen MR) is 133 cm³/mol. The van der Waals surface area contributed by atoms with Crippen LogP contribution in [0.5, 0.6) is 0 Å². The first kappa shape index (κ1) is 23.0. The number of anilines is 2. The van der Waals surface area contributed by atoms with Crippen LogP contribution >= 0.6 is 11.3 Å². The molecule has 0 unspecified atom stereocenters. The van der Waals surface area contributed by atoms with E-state index in [2.05, 4.69) is 15.5 Å². The van der Waals surface area contributed by atoms with E-state index in [-0.39, 0.29) is 23.7 Å². The Balaban J connectivity index is 1.52. The summed E-state index contributed by atoms with van der Waals surface area (Å²) in [6.45, 7) is 7.71. The fourth-order valence-electron chi connectivity index (χ4n) is 4.06. The second-order valence-corrected chi connectivity index (χ2v) is 9.77. The summed E-state index contributed by atoms with van der Waals surface area (Å²) in [5.74, 6) is 0.822. The second-order valence-electron chi connectivity index (χ2n) is 8.73. The van der Waals surface area contributed by atoms with Crippen LogP contribution in [-0.4, -0.2) is 34.7 Å². The second kappa shape index (κ2) is 10.2. The molecule has 4 rings (SSSR count). The van der Waals surface area contributed by atoms with Gasteiger partial charge in [-0.05, 0) is 43.3 Å². The molecule has 2 aromatic heterocycles. The van der Waals surface area contributed by atoms with Gasteiger partial charge in [-0.3, -0.25) is 9.59 Å². The predicted octanol–water partition coefficient (Wildman–Crippen LogP) is 4.37. The third-order valence-corrected chi connectivity index (χ3v) is 6.87. The van der Waals surface area contributed by atoms with Crippen molar-refractivity contribution < 1.29 is 9.59 Å². The van der Waals surface area contributed by atoms with Crippen LogP contribution in [0.15, 0.2) is 47.8 Å². The molecule has 0 aliphatic carbocycles. The van der Waals surface area contributed by atoms with Crippen molar-refractivity contribution in [2.75, 3.05) is 23.3 Å². The van der Waals surface area contributed by atoms with Gasteiger partial charge in [0.05, 0.1) is 17.9 Å². The lowest BCUT2D eigenvalue weighted by Gasteiger charge is -2.33. The van der Waals surface area contributed by atoms with Crippen molar-refractivity contribution in [2.24, 2.45) is 11.8 Å². The van der Waals surface area contributed by atoms with E-state index in [1.54, 1.807) is 11.3 Å². The van der Waals surface area contributed by atoms with Crippen molar-refractivity contribution in [1.82, 2.24) is 15.1 Å². The molecule has 0 bridgehead atoms. The first-order valence-corrected chi connectivity index (χ1v) is 12.3. The van der Waals surface area contributed by atoms with Crippen molar-refractivity contribution in [2.45, 2.75) is 40.2 Å². The maximum absolute atomic E-state index is 12.7. The number of piperidine rings is 1. The van der Waals surface area contributed by atoms with Crippen LogP contribution in [0.1, 0.15) is 37.3 Å². The van der Waals surface area contributed by atoms with Crippen LogP contribution in [-0.2, 0) is 16.1 Å². The number of aryl methyl sites for hydroxylation is 1. The molecular formula is C25H31N5O2S. The summed E-state index contributed by atoms with van der Waals surface area (Å²) in [6, 6.07) is 14.0. The lowest BCUT2D eigenvalue weighted by Crippen LogP contribution is -2.41. The molecule has 3 aromatic rings. The summed E-state index contributed by atoms with van der Waals surface area (Å²) in [6.07, 6.45) is 1.51. The number of carbonyl (C=O) groups excluding carboxylic acids is 2. The van der Waals surface area contributed by atoms with Gasteiger partial charge >= 0.3 is 0 Å². The highest BCUT2D eigenvalue weighted by atomic mass is 32.1. The molecule has 0 atom stereocenters. The Hall–Kier alpha value is -3.13. The average molecular weight is 466 g/mol. The molecule has 0 saturated carbocycles. The van der Waals surface area contributed by atoms with Gasteiger partial charge in [-0.25, -0.2) is 4.68 Å². The van der Waals surface area contributed by atoms with Gasteiger partial charge in [-0.15, -0.1) is 11.3 Å². The standard InChI is InChI=1S/C25H31N5O2S/c1-17(2)23(31)27-22-18(3)28-30(20-8-5-4-6-9-20)25(22)29-13-11-19(12-14-29)24(32)26-16-21-10-7-15-33-21/h4-10,15,17,19H,11-14,16H2,1-3H3,(H,26,32)(H,27,31). The van der Waals surface area contributed by atoms with Gasteiger partial charge in [0.1, 0.15) is 5.69 Å². The van der Waals surface area contributed by atoms with Crippen LogP contribution in [0, 0.1) is 18.8 Å². The fourth-order valence-corrected chi connectivity index (χ4v) is 4.70. The highest BCUT2D eigenvalue weighted by molar-refractivity contribution is 7.09. The zero-order valence-corrected chi connectivity index (χ0v) is 20.2. The Bertz CT molecular complexity index is 1080. The number of hydrogen-bond acceptors (Lipinski definition) is 5. The Morgan fingerprint density at radius 1 is 1.12 bits per heavy atom. The third kappa shape index (κ3) is 5.27. The van der Waals surface area contributed by atoms with Gasteiger partial charge in [0.15, 0.2) is 5.82 Å². The lowest BCUT2D eigenvalue weighted by atomic mass is 9.95. The highest BCUT2D eigenvalue weighted by Gasteiger charge is 2.30. The molecule has 8 heteroatoms. The van der Waals surface area contributed by atoms with Crippen LogP contribution in [0.3, 0.4) is 0 Å². The summed E-state index contributed by atoms with van der Waals surface area (Å²) >= 11 is 1.65. The number of nitrogens with one attached hydrogen (secondary N) is 2. The van der Waals surface area contributed by atoms with E-state index in [0.29, 0.717) is 6.54 Å². The largest absolute Gasteiger partial charge is 0.355 e. The van der Waals surface area contributed by atoms with E-state index in [9.17, 15) is 9.59 Å². The normalized spacial score (nSPS) is 14.5. The number of hydrogen-bond donors (Lipinski definition) is 2. The van der Waals surface area contributed by atoms with E-state index < -0.39 is 0 Å². The maximum Gasteiger partial charge on any atom is 0.227 e. The number of amides is 2. The monoisotopic (exact) mass is 465 g/mol. The van der Waals surface area contributed by atoms with Crippen molar-refractivity contribution in [1.29, 1.82) is 0 Å². The van der Waals surface area contributed by atoms with Gasteiger partial charge < -0.3 is 15.5 Å². The molecule has 1 aliphatic rings. The zero-order chi connectivity index (χ0) is 23.4. The average Bonchev–Trinajstić information content (AvgIpc) is 3.46. The Kier molecular flexibility index (Phi) is 7.13. The minimum atomic E-state index is -0.130.